The molecule has 0 saturated heterocycles. The van der Waals surface area contributed by atoms with Gasteiger partial charge < -0.3 is 4.90 Å². The van der Waals surface area contributed by atoms with Crippen molar-refractivity contribution in [3.63, 3.8) is 0 Å². The van der Waals surface area contributed by atoms with Crippen molar-refractivity contribution in [2.24, 2.45) is 0 Å². The van der Waals surface area contributed by atoms with Crippen molar-refractivity contribution >= 4 is 0 Å². The highest BCUT2D eigenvalue weighted by Gasteiger charge is 1.97. The third-order valence-corrected chi connectivity index (χ3v) is 2.70. The Morgan fingerprint density at radius 3 is 2.56 bits per heavy atom. The van der Waals surface area contributed by atoms with Crippen LogP contribution in [0.4, 0.5) is 0 Å². The molecule has 0 saturated carbocycles. The quantitative estimate of drug-likeness (QED) is 0.655. The number of hydrogen-bond acceptors (Lipinski definition) is 2. The molecule has 0 amide bonds. The lowest BCUT2D eigenvalue weighted by Crippen LogP contribution is -2.20. The summed E-state index contributed by atoms with van der Waals surface area (Å²) in [7, 11) is 2.08. The van der Waals surface area contributed by atoms with Crippen LogP contribution >= 0.6 is 0 Å². The van der Waals surface area contributed by atoms with Crippen molar-refractivity contribution in [2.75, 3.05) is 20.1 Å². The van der Waals surface area contributed by atoms with Crippen LogP contribution in [0.15, 0.2) is 30.3 Å². The lowest BCUT2D eigenvalue weighted by Gasteiger charge is -2.14. The zero-order chi connectivity index (χ0) is 11.6. The van der Waals surface area contributed by atoms with Gasteiger partial charge in [-0.15, -0.1) is 0 Å². The summed E-state index contributed by atoms with van der Waals surface area (Å²) >= 11 is 0. The monoisotopic (exact) mass is 216 g/mol. The van der Waals surface area contributed by atoms with Gasteiger partial charge in [0.2, 0.25) is 0 Å². The topological polar surface area (TPSA) is 27.0 Å². The molecule has 0 aliphatic rings. The Labute approximate surface area is 98.5 Å². The van der Waals surface area contributed by atoms with E-state index in [4.69, 9.17) is 5.26 Å². The summed E-state index contributed by atoms with van der Waals surface area (Å²) in [6.07, 6.45) is 4.22. The van der Waals surface area contributed by atoms with Crippen LogP contribution in [0, 0.1) is 11.3 Å². The van der Waals surface area contributed by atoms with Crippen molar-refractivity contribution in [1.82, 2.24) is 4.90 Å². The summed E-state index contributed by atoms with van der Waals surface area (Å²) in [4.78, 5) is 2.23. The number of hydrogen-bond donors (Lipinski definition) is 0. The van der Waals surface area contributed by atoms with E-state index in [9.17, 15) is 0 Å². The van der Waals surface area contributed by atoms with Crippen LogP contribution in [0.2, 0.25) is 0 Å². The maximum absolute atomic E-state index is 8.46. The zero-order valence-corrected chi connectivity index (χ0v) is 10.0. The first-order chi connectivity index (χ1) is 7.83. The molecule has 1 rings (SSSR count). The Bertz CT molecular complexity index is 313. The SMILES string of the molecule is CN(CCC#N)CCCCc1ccccc1. The Morgan fingerprint density at radius 2 is 1.88 bits per heavy atom. The van der Waals surface area contributed by atoms with Crippen LogP contribution in [0.1, 0.15) is 24.8 Å². The largest absolute Gasteiger partial charge is 0.305 e. The molecule has 0 aromatic heterocycles. The number of nitrogens with zero attached hydrogens (tertiary/aromatic N) is 2. The highest BCUT2D eigenvalue weighted by molar-refractivity contribution is 5.14. The van der Waals surface area contributed by atoms with Gasteiger partial charge >= 0.3 is 0 Å². The lowest BCUT2D eigenvalue weighted by atomic mass is 10.1. The Balaban J connectivity index is 2.06. The van der Waals surface area contributed by atoms with Crippen molar-refractivity contribution in [2.45, 2.75) is 25.7 Å². The second-order valence-electron chi connectivity index (χ2n) is 4.15. The summed E-state index contributed by atoms with van der Waals surface area (Å²) < 4.78 is 0. The molecule has 0 fully saturated rings. The molecule has 0 unspecified atom stereocenters. The minimum absolute atomic E-state index is 0.634. The highest BCUT2D eigenvalue weighted by Crippen LogP contribution is 2.04. The molecular weight excluding hydrogens is 196 g/mol. The van der Waals surface area contributed by atoms with Gasteiger partial charge in [0.15, 0.2) is 0 Å². The van der Waals surface area contributed by atoms with Gasteiger partial charge in [0.25, 0.3) is 0 Å². The molecule has 0 heterocycles. The molecule has 2 heteroatoms. The van der Waals surface area contributed by atoms with E-state index in [1.165, 1.54) is 18.4 Å². The number of nitriles is 1. The number of aryl methyl sites for hydroxylation is 1. The second kappa shape index (κ2) is 7.90. The predicted molar refractivity (Wildman–Crippen MR) is 67.1 cm³/mol. The molecule has 0 radical (unpaired) electrons. The van der Waals surface area contributed by atoms with Crippen LogP contribution in [-0.4, -0.2) is 25.0 Å². The Kier molecular flexibility index (Phi) is 6.29. The number of unbranched alkanes of at least 4 members (excludes halogenated alkanes) is 1. The van der Waals surface area contributed by atoms with Gasteiger partial charge in [-0.05, 0) is 38.4 Å². The molecule has 1 aromatic rings. The van der Waals surface area contributed by atoms with E-state index in [-0.39, 0.29) is 0 Å². The Hall–Kier alpha value is -1.33. The summed E-state index contributed by atoms with van der Waals surface area (Å²) in [6.45, 7) is 1.98. The van der Waals surface area contributed by atoms with Crippen LogP contribution in [0.3, 0.4) is 0 Å². The summed E-state index contributed by atoms with van der Waals surface area (Å²) in [6, 6.07) is 12.8. The van der Waals surface area contributed by atoms with E-state index in [1.54, 1.807) is 0 Å². The van der Waals surface area contributed by atoms with Gasteiger partial charge in [-0.3, -0.25) is 0 Å². The summed E-state index contributed by atoms with van der Waals surface area (Å²) in [5, 5.41) is 8.46. The zero-order valence-electron chi connectivity index (χ0n) is 10.0. The van der Waals surface area contributed by atoms with Crippen molar-refractivity contribution in [1.29, 1.82) is 5.26 Å². The normalized spacial score (nSPS) is 10.3. The number of rotatable bonds is 7. The second-order valence-corrected chi connectivity index (χ2v) is 4.15. The molecule has 1 aromatic carbocycles. The molecule has 2 nitrogen and oxygen atoms in total. The van der Waals surface area contributed by atoms with Gasteiger partial charge in [-0.25, -0.2) is 0 Å². The first-order valence-corrected chi connectivity index (χ1v) is 5.92. The summed E-state index contributed by atoms with van der Waals surface area (Å²) in [5.41, 5.74) is 1.42. The highest BCUT2D eigenvalue weighted by atomic mass is 15.1. The third kappa shape index (κ3) is 5.53. The van der Waals surface area contributed by atoms with Crippen LogP contribution in [0.25, 0.3) is 0 Å². The minimum atomic E-state index is 0.634. The molecule has 0 bridgehead atoms. The van der Waals surface area contributed by atoms with Crippen molar-refractivity contribution in [3.05, 3.63) is 35.9 Å². The van der Waals surface area contributed by atoms with E-state index in [0.717, 1.165) is 19.5 Å². The van der Waals surface area contributed by atoms with Crippen molar-refractivity contribution in [3.8, 4) is 6.07 Å². The van der Waals surface area contributed by atoms with Gasteiger partial charge in [0, 0.05) is 13.0 Å². The smallest absolute Gasteiger partial charge is 0.0635 e. The van der Waals surface area contributed by atoms with Gasteiger partial charge in [0.05, 0.1) is 6.07 Å². The van der Waals surface area contributed by atoms with Crippen LogP contribution in [-0.2, 0) is 6.42 Å². The molecule has 86 valence electrons. The maximum atomic E-state index is 8.46. The third-order valence-electron chi connectivity index (χ3n) is 2.70. The fourth-order valence-electron chi connectivity index (χ4n) is 1.71. The molecule has 0 spiro atoms. The first kappa shape index (κ1) is 12.7. The average Bonchev–Trinajstić information content (AvgIpc) is 2.33. The van der Waals surface area contributed by atoms with E-state index < -0.39 is 0 Å². The summed E-state index contributed by atoms with van der Waals surface area (Å²) in [5.74, 6) is 0. The molecular formula is C14H20N2. The number of benzene rings is 1. The molecule has 0 aliphatic heterocycles. The molecule has 16 heavy (non-hydrogen) atoms. The Morgan fingerprint density at radius 1 is 1.12 bits per heavy atom. The van der Waals surface area contributed by atoms with E-state index >= 15 is 0 Å². The fourth-order valence-corrected chi connectivity index (χ4v) is 1.71. The van der Waals surface area contributed by atoms with E-state index in [1.807, 2.05) is 0 Å². The van der Waals surface area contributed by atoms with E-state index in [0.29, 0.717) is 6.42 Å². The van der Waals surface area contributed by atoms with Crippen LogP contribution < -0.4 is 0 Å². The lowest BCUT2D eigenvalue weighted by molar-refractivity contribution is 0.333. The van der Waals surface area contributed by atoms with E-state index in [2.05, 4.69) is 48.3 Å². The standard InChI is InChI=1S/C14H20N2/c1-16(13-7-11-15)12-6-5-10-14-8-3-2-4-9-14/h2-4,8-9H,5-7,10,12-13H2,1H3. The fraction of sp³-hybridized carbons (Fsp3) is 0.500. The first-order valence-electron chi connectivity index (χ1n) is 5.92. The van der Waals surface area contributed by atoms with Crippen LogP contribution in [0.5, 0.6) is 0 Å². The molecule has 0 N–H and O–H groups in total. The average molecular weight is 216 g/mol. The molecule has 0 atom stereocenters. The van der Waals surface area contributed by atoms with Crippen molar-refractivity contribution < 1.29 is 0 Å². The predicted octanol–water partition coefficient (Wildman–Crippen LogP) is 2.85. The minimum Gasteiger partial charge on any atom is -0.305 e. The maximum Gasteiger partial charge on any atom is 0.0635 e. The van der Waals surface area contributed by atoms with Gasteiger partial charge in [-0.1, -0.05) is 30.3 Å². The molecule has 0 aliphatic carbocycles. The van der Waals surface area contributed by atoms with Gasteiger partial charge in [-0.2, -0.15) is 5.26 Å². The van der Waals surface area contributed by atoms with Gasteiger partial charge in [0.1, 0.15) is 0 Å².